The number of aldehydes is 1. The second-order valence-electron chi connectivity index (χ2n) is 2.49. The summed E-state index contributed by atoms with van der Waals surface area (Å²) in [5.74, 6) is 0.183. The van der Waals surface area contributed by atoms with E-state index in [-0.39, 0.29) is 5.75 Å². The van der Waals surface area contributed by atoms with Gasteiger partial charge in [-0.25, -0.2) is 0 Å². The van der Waals surface area contributed by atoms with Crippen LogP contribution in [-0.2, 0) is 0 Å². The lowest BCUT2D eigenvalue weighted by atomic mass is 10.1. The fourth-order valence-corrected chi connectivity index (χ4v) is 1.14. The topological polar surface area (TPSA) is 37.3 Å². The number of hydrogen-bond donors (Lipinski definition) is 1. The number of halogens is 1. The minimum Gasteiger partial charge on any atom is -0.507 e. The average Bonchev–Trinajstić information content (AvgIpc) is 2.17. The van der Waals surface area contributed by atoms with Crippen LogP contribution >= 0.6 is 15.9 Å². The molecule has 0 aromatic heterocycles. The van der Waals surface area contributed by atoms with Crippen LogP contribution < -0.4 is 0 Å². The Morgan fingerprint density at radius 2 is 2.23 bits per heavy atom. The molecule has 1 N–H and O–H groups in total. The summed E-state index contributed by atoms with van der Waals surface area (Å²) in [4.78, 5) is 10.4. The van der Waals surface area contributed by atoms with Crippen molar-refractivity contribution >= 4 is 28.3 Å². The molecule has 0 spiro atoms. The summed E-state index contributed by atoms with van der Waals surface area (Å²) in [5, 5.41) is 10.1. The molecule has 0 aliphatic rings. The third-order valence-electron chi connectivity index (χ3n) is 1.57. The van der Waals surface area contributed by atoms with Gasteiger partial charge in [0.05, 0.1) is 0 Å². The van der Waals surface area contributed by atoms with Crippen LogP contribution in [-0.4, -0.2) is 16.7 Å². The van der Waals surface area contributed by atoms with Crippen LogP contribution in [0.4, 0.5) is 0 Å². The molecule has 1 aromatic rings. The molecule has 0 fully saturated rings. The van der Waals surface area contributed by atoms with Crippen molar-refractivity contribution in [3.05, 3.63) is 35.4 Å². The van der Waals surface area contributed by atoms with Crippen molar-refractivity contribution < 1.29 is 9.90 Å². The Balaban J connectivity index is 3.03. The molecule has 2 nitrogen and oxygen atoms in total. The molecular weight excluding hydrogens is 232 g/mol. The number of carbonyl (C=O) groups excluding carboxylic acids is 1. The minimum absolute atomic E-state index is 0.183. The fraction of sp³-hybridized carbons (Fsp3) is 0.100. The Kier molecular flexibility index (Phi) is 3.71. The number of phenolic OH excluding ortho intramolecular Hbond substituents is 1. The van der Waals surface area contributed by atoms with Crippen LogP contribution in [0.15, 0.2) is 24.3 Å². The molecule has 68 valence electrons. The van der Waals surface area contributed by atoms with Gasteiger partial charge < -0.3 is 5.11 Å². The number of alkyl halides is 1. The quantitative estimate of drug-likeness (QED) is 0.652. The van der Waals surface area contributed by atoms with Gasteiger partial charge in [0.2, 0.25) is 0 Å². The van der Waals surface area contributed by atoms with E-state index in [4.69, 9.17) is 0 Å². The first-order valence-electron chi connectivity index (χ1n) is 3.78. The maximum absolute atomic E-state index is 10.4. The van der Waals surface area contributed by atoms with E-state index in [9.17, 15) is 9.90 Å². The van der Waals surface area contributed by atoms with Gasteiger partial charge in [-0.05, 0) is 18.2 Å². The maximum atomic E-state index is 10.4. The summed E-state index contributed by atoms with van der Waals surface area (Å²) in [7, 11) is 0. The molecule has 0 aliphatic carbocycles. The lowest BCUT2D eigenvalue weighted by Crippen LogP contribution is -1.81. The number of carbonyl (C=O) groups is 1. The molecular formula is C10H9BrO2. The van der Waals surface area contributed by atoms with Crippen molar-refractivity contribution in [3.8, 4) is 5.75 Å². The summed E-state index contributed by atoms with van der Waals surface area (Å²) in [6, 6.07) is 4.73. The van der Waals surface area contributed by atoms with Gasteiger partial charge in [0.1, 0.15) is 12.0 Å². The first-order valence-corrected chi connectivity index (χ1v) is 4.91. The number of benzene rings is 1. The Morgan fingerprint density at radius 1 is 1.46 bits per heavy atom. The second-order valence-corrected chi connectivity index (χ2v) is 3.14. The van der Waals surface area contributed by atoms with Crippen molar-refractivity contribution in [1.29, 1.82) is 0 Å². The Hall–Kier alpha value is -1.09. The number of aromatic hydroxyl groups is 1. The molecule has 0 amide bonds. The molecule has 0 radical (unpaired) electrons. The van der Waals surface area contributed by atoms with Gasteiger partial charge >= 0.3 is 0 Å². The molecule has 0 aliphatic heterocycles. The van der Waals surface area contributed by atoms with Gasteiger partial charge in [0.25, 0.3) is 0 Å². The van der Waals surface area contributed by atoms with Crippen molar-refractivity contribution in [2.75, 3.05) is 5.33 Å². The zero-order chi connectivity index (χ0) is 9.68. The van der Waals surface area contributed by atoms with Gasteiger partial charge in [0, 0.05) is 16.5 Å². The molecule has 0 saturated carbocycles. The van der Waals surface area contributed by atoms with E-state index in [0.29, 0.717) is 11.1 Å². The highest BCUT2D eigenvalue weighted by molar-refractivity contribution is 9.09. The lowest BCUT2D eigenvalue weighted by molar-refractivity contribution is 0.112. The van der Waals surface area contributed by atoms with Crippen LogP contribution in [0.5, 0.6) is 5.75 Å². The highest BCUT2D eigenvalue weighted by Crippen LogP contribution is 2.19. The monoisotopic (exact) mass is 240 g/mol. The van der Waals surface area contributed by atoms with Crippen molar-refractivity contribution in [1.82, 2.24) is 0 Å². The van der Waals surface area contributed by atoms with Gasteiger partial charge in [-0.2, -0.15) is 0 Å². The van der Waals surface area contributed by atoms with E-state index in [1.807, 2.05) is 6.08 Å². The first-order chi connectivity index (χ1) is 6.27. The van der Waals surface area contributed by atoms with Gasteiger partial charge in [-0.3, -0.25) is 4.79 Å². The second kappa shape index (κ2) is 4.82. The van der Waals surface area contributed by atoms with E-state index < -0.39 is 0 Å². The summed E-state index contributed by atoms with van der Waals surface area (Å²) < 4.78 is 0. The summed E-state index contributed by atoms with van der Waals surface area (Å²) in [5.41, 5.74) is 1.22. The highest BCUT2D eigenvalue weighted by Gasteiger charge is 1.97. The fourth-order valence-electron chi connectivity index (χ4n) is 0.951. The Bertz CT molecular complexity index is 332. The van der Waals surface area contributed by atoms with Crippen LogP contribution in [0, 0.1) is 0 Å². The largest absolute Gasteiger partial charge is 0.507 e. The molecule has 13 heavy (non-hydrogen) atoms. The van der Waals surface area contributed by atoms with E-state index in [1.165, 1.54) is 6.07 Å². The van der Waals surface area contributed by atoms with E-state index >= 15 is 0 Å². The SMILES string of the molecule is O=Cc1ccc(O)c(C=CCBr)c1. The van der Waals surface area contributed by atoms with E-state index in [2.05, 4.69) is 15.9 Å². The van der Waals surface area contributed by atoms with Crippen molar-refractivity contribution in [3.63, 3.8) is 0 Å². The maximum Gasteiger partial charge on any atom is 0.150 e. The van der Waals surface area contributed by atoms with Gasteiger partial charge in [-0.15, -0.1) is 0 Å². The molecule has 0 unspecified atom stereocenters. The summed E-state index contributed by atoms with van der Waals surface area (Å²) >= 11 is 3.23. The zero-order valence-electron chi connectivity index (χ0n) is 6.90. The molecule has 0 atom stereocenters. The molecule has 0 saturated heterocycles. The predicted molar refractivity (Wildman–Crippen MR) is 56.3 cm³/mol. The molecule has 3 heteroatoms. The van der Waals surface area contributed by atoms with E-state index in [1.54, 1.807) is 18.2 Å². The predicted octanol–water partition coefficient (Wildman–Crippen LogP) is 2.61. The van der Waals surface area contributed by atoms with Crippen LogP contribution in [0.3, 0.4) is 0 Å². The zero-order valence-corrected chi connectivity index (χ0v) is 8.49. The standard InChI is InChI=1S/C10H9BrO2/c11-5-1-2-9-6-8(7-12)3-4-10(9)13/h1-4,6-7,13H,5H2. The van der Waals surface area contributed by atoms with E-state index in [0.717, 1.165) is 11.6 Å². The first kappa shape index (κ1) is 9.99. The summed E-state index contributed by atoms with van der Waals surface area (Å²) in [6.07, 6.45) is 4.37. The number of hydrogen-bond acceptors (Lipinski definition) is 2. The van der Waals surface area contributed by atoms with Crippen LogP contribution in [0.25, 0.3) is 6.08 Å². The van der Waals surface area contributed by atoms with Gasteiger partial charge in [-0.1, -0.05) is 28.1 Å². The van der Waals surface area contributed by atoms with Crippen LogP contribution in [0.2, 0.25) is 0 Å². The highest BCUT2D eigenvalue weighted by atomic mass is 79.9. The average molecular weight is 241 g/mol. The number of allylic oxidation sites excluding steroid dienone is 1. The smallest absolute Gasteiger partial charge is 0.150 e. The normalized spacial score (nSPS) is 10.5. The number of phenols is 1. The Labute approximate surface area is 85.0 Å². The lowest BCUT2D eigenvalue weighted by Gasteiger charge is -1.98. The third-order valence-corrected chi connectivity index (χ3v) is 1.95. The third kappa shape index (κ3) is 2.70. The van der Waals surface area contributed by atoms with Crippen molar-refractivity contribution in [2.24, 2.45) is 0 Å². The van der Waals surface area contributed by atoms with Gasteiger partial charge in [0.15, 0.2) is 0 Å². The van der Waals surface area contributed by atoms with Crippen LogP contribution in [0.1, 0.15) is 15.9 Å². The molecule has 1 rings (SSSR count). The molecule has 0 heterocycles. The Morgan fingerprint density at radius 3 is 2.85 bits per heavy atom. The summed E-state index contributed by atoms with van der Waals surface area (Å²) in [6.45, 7) is 0. The minimum atomic E-state index is 0.183. The van der Waals surface area contributed by atoms with Crippen molar-refractivity contribution in [2.45, 2.75) is 0 Å². The molecule has 1 aromatic carbocycles. The number of rotatable bonds is 3. The molecule has 0 bridgehead atoms.